The van der Waals surface area contributed by atoms with Crippen LogP contribution in [0.25, 0.3) is 10.9 Å². The summed E-state index contributed by atoms with van der Waals surface area (Å²) < 4.78 is 5.26. The van der Waals surface area contributed by atoms with Crippen molar-refractivity contribution in [3.63, 3.8) is 0 Å². The molecule has 0 spiro atoms. The van der Waals surface area contributed by atoms with Crippen molar-refractivity contribution in [1.29, 1.82) is 0 Å². The van der Waals surface area contributed by atoms with Gasteiger partial charge in [-0.3, -0.25) is 0 Å². The topological polar surface area (TPSA) is 100 Å². The van der Waals surface area contributed by atoms with E-state index in [2.05, 4.69) is 20.3 Å². The summed E-state index contributed by atoms with van der Waals surface area (Å²) in [7, 11) is 1.53. The molecule has 3 N–H and O–H groups in total. The third-order valence-electron chi connectivity index (χ3n) is 3.23. The number of hydrogen-bond donors (Lipinski definition) is 3. The molecule has 0 unspecified atom stereocenters. The predicted molar refractivity (Wildman–Crippen MR) is 81.2 cm³/mol. The van der Waals surface area contributed by atoms with Crippen molar-refractivity contribution in [2.24, 2.45) is 0 Å². The fraction of sp³-hybridized carbons (Fsp3) is 0.133. The highest BCUT2D eigenvalue weighted by atomic mass is 16.5. The van der Waals surface area contributed by atoms with Crippen LogP contribution >= 0.6 is 0 Å². The van der Waals surface area contributed by atoms with E-state index < -0.39 is 0 Å². The minimum Gasteiger partial charge on any atom is -0.504 e. The molecule has 22 heavy (non-hydrogen) atoms. The van der Waals surface area contributed by atoms with Crippen LogP contribution in [0.1, 0.15) is 5.56 Å². The number of benzene rings is 1. The van der Waals surface area contributed by atoms with E-state index >= 15 is 0 Å². The molecule has 0 atom stereocenters. The number of pyridine rings is 1. The zero-order chi connectivity index (χ0) is 15.5. The zero-order valence-electron chi connectivity index (χ0n) is 11.8. The van der Waals surface area contributed by atoms with Gasteiger partial charge in [0.1, 0.15) is 17.9 Å². The minimum absolute atomic E-state index is 0.0215. The average Bonchev–Trinajstić information content (AvgIpc) is 2.56. The molecule has 0 radical (unpaired) electrons. The molecular weight excluding hydrogens is 284 g/mol. The number of nitrogens with zero attached hydrogens (tertiary/aromatic N) is 3. The van der Waals surface area contributed by atoms with Crippen molar-refractivity contribution in [2.45, 2.75) is 6.61 Å². The second kappa shape index (κ2) is 5.82. The van der Waals surface area contributed by atoms with Gasteiger partial charge in [-0.1, -0.05) is 0 Å². The Labute approximate surface area is 126 Å². The molecule has 0 amide bonds. The van der Waals surface area contributed by atoms with E-state index in [4.69, 9.17) is 4.74 Å². The van der Waals surface area contributed by atoms with Gasteiger partial charge >= 0.3 is 0 Å². The Morgan fingerprint density at radius 1 is 1.18 bits per heavy atom. The van der Waals surface area contributed by atoms with E-state index in [0.29, 0.717) is 33.9 Å². The maximum Gasteiger partial charge on any atom is 0.174 e. The number of aromatic hydroxyl groups is 1. The lowest BCUT2D eigenvalue weighted by atomic mass is 10.1. The molecule has 0 saturated heterocycles. The molecule has 2 heterocycles. The smallest absolute Gasteiger partial charge is 0.174 e. The van der Waals surface area contributed by atoms with Gasteiger partial charge in [-0.2, -0.15) is 0 Å². The summed E-state index contributed by atoms with van der Waals surface area (Å²) in [4.78, 5) is 12.4. The quantitative estimate of drug-likeness (QED) is 0.677. The minimum atomic E-state index is -0.146. The largest absolute Gasteiger partial charge is 0.504 e. The number of aromatic nitrogens is 3. The van der Waals surface area contributed by atoms with E-state index in [1.165, 1.54) is 19.5 Å². The summed E-state index contributed by atoms with van der Waals surface area (Å²) in [5.74, 6) is 1.35. The molecule has 0 aliphatic carbocycles. The molecule has 3 rings (SSSR count). The highest BCUT2D eigenvalue weighted by molar-refractivity contribution is 5.92. The van der Waals surface area contributed by atoms with Gasteiger partial charge in [0, 0.05) is 17.1 Å². The van der Waals surface area contributed by atoms with Crippen LogP contribution in [0.5, 0.6) is 11.5 Å². The van der Waals surface area contributed by atoms with Crippen LogP contribution in [0.15, 0.2) is 36.8 Å². The number of aliphatic hydroxyl groups excluding tert-OH is 1. The third kappa shape index (κ3) is 2.49. The van der Waals surface area contributed by atoms with Crippen molar-refractivity contribution in [2.75, 3.05) is 12.4 Å². The molecule has 2 aromatic heterocycles. The van der Waals surface area contributed by atoms with Gasteiger partial charge < -0.3 is 20.3 Å². The fourth-order valence-electron chi connectivity index (χ4n) is 2.14. The number of ether oxygens (including phenoxy) is 1. The summed E-state index contributed by atoms with van der Waals surface area (Å²) in [6.45, 7) is -0.146. The van der Waals surface area contributed by atoms with E-state index in [-0.39, 0.29) is 12.4 Å². The Morgan fingerprint density at radius 2 is 2.05 bits per heavy atom. The van der Waals surface area contributed by atoms with E-state index in [9.17, 15) is 10.2 Å². The Kier molecular flexibility index (Phi) is 3.71. The molecule has 0 saturated carbocycles. The number of aliphatic hydroxyl groups is 1. The van der Waals surface area contributed by atoms with Gasteiger partial charge in [0.25, 0.3) is 0 Å². The lowest BCUT2D eigenvalue weighted by Gasteiger charge is -2.11. The molecule has 0 aliphatic heterocycles. The van der Waals surface area contributed by atoms with Crippen LogP contribution in [-0.4, -0.2) is 32.3 Å². The van der Waals surface area contributed by atoms with Gasteiger partial charge in [-0.05, 0) is 24.3 Å². The molecule has 0 aliphatic rings. The highest BCUT2D eigenvalue weighted by Gasteiger charge is 2.11. The van der Waals surface area contributed by atoms with Crippen LogP contribution in [0.3, 0.4) is 0 Å². The van der Waals surface area contributed by atoms with Gasteiger partial charge in [0.05, 0.1) is 19.2 Å². The molecule has 3 aromatic rings. The molecule has 0 fully saturated rings. The SMILES string of the molecule is COc1cc2c(Nc3ncccc3O)ncnc2cc1CO. The zero-order valence-corrected chi connectivity index (χ0v) is 11.8. The Morgan fingerprint density at radius 3 is 2.77 bits per heavy atom. The number of hydrogen-bond acceptors (Lipinski definition) is 7. The van der Waals surface area contributed by atoms with Crippen molar-refractivity contribution < 1.29 is 14.9 Å². The predicted octanol–water partition coefficient (Wildman–Crippen LogP) is 1.97. The van der Waals surface area contributed by atoms with Crippen LogP contribution in [0.2, 0.25) is 0 Å². The molecule has 112 valence electrons. The van der Waals surface area contributed by atoms with Crippen molar-refractivity contribution in [1.82, 2.24) is 15.0 Å². The monoisotopic (exact) mass is 298 g/mol. The standard InChI is InChI=1S/C15H14N4O3/c1-22-13-6-10-11(5-9(13)7-20)17-8-18-14(10)19-15-12(21)3-2-4-16-15/h2-6,8,20-21H,7H2,1H3,(H,16,17,18,19). The first-order valence-electron chi connectivity index (χ1n) is 6.56. The van der Waals surface area contributed by atoms with E-state index in [1.54, 1.807) is 24.4 Å². The summed E-state index contributed by atoms with van der Waals surface area (Å²) in [6, 6.07) is 6.64. The number of anilines is 2. The molecule has 7 heteroatoms. The second-order valence-corrected chi connectivity index (χ2v) is 4.56. The first-order valence-corrected chi connectivity index (χ1v) is 6.56. The lowest BCUT2D eigenvalue weighted by Crippen LogP contribution is -2.00. The Bertz CT molecular complexity index is 823. The molecule has 1 aromatic carbocycles. The number of fused-ring (bicyclic) bond motifs is 1. The Hall–Kier alpha value is -2.93. The maximum atomic E-state index is 9.80. The van der Waals surface area contributed by atoms with Crippen LogP contribution < -0.4 is 10.1 Å². The number of methoxy groups -OCH3 is 1. The first kappa shape index (κ1) is 14.0. The maximum absolute atomic E-state index is 9.80. The molecule has 7 nitrogen and oxygen atoms in total. The summed E-state index contributed by atoms with van der Waals surface area (Å²) in [5.41, 5.74) is 1.29. The van der Waals surface area contributed by atoms with Gasteiger partial charge in [0.2, 0.25) is 0 Å². The van der Waals surface area contributed by atoms with Crippen LogP contribution in [-0.2, 0) is 6.61 Å². The number of rotatable bonds is 4. The van der Waals surface area contributed by atoms with Crippen LogP contribution in [0, 0.1) is 0 Å². The van der Waals surface area contributed by atoms with E-state index in [1.807, 2.05) is 0 Å². The van der Waals surface area contributed by atoms with E-state index in [0.717, 1.165) is 0 Å². The number of nitrogens with one attached hydrogen (secondary N) is 1. The summed E-state index contributed by atoms with van der Waals surface area (Å²) in [5, 5.41) is 22.8. The summed E-state index contributed by atoms with van der Waals surface area (Å²) >= 11 is 0. The average molecular weight is 298 g/mol. The Balaban J connectivity index is 2.12. The van der Waals surface area contributed by atoms with Gasteiger partial charge in [-0.15, -0.1) is 0 Å². The van der Waals surface area contributed by atoms with Gasteiger partial charge in [0.15, 0.2) is 11.6 Å². The van der Waals surface area contributed by atoms with Crippen LogP contribution in [0.4, 0.5) is 11.6 Å². The second-order valence-electron chi connectivity index (χ2n) is 4.56. The third-order valence-corrected chi connectivity index (χ3v) is 3.23. The first-order chi connectivity index (χ1) is 10.7. The normalized spacial score (nSPS) is 10.6. The fourth-order valence-corrected chi connectivity index (χ4v) is 2.14. The van der Waals surface area contributed by atoms with Crippen molar-refractivity contribution >= 4 is 22.5 Å². The summed E-state index contributed by atoms with van der Waals surface area (Å²) in [6.07, 6.45) is 2.97. The van der Waals surface area contributed by atoms with Gasteiger partial charge in [-0.25, -0.2) is 15.0 Å². The van der Waals surface area contributed by atoms with Crippen molar-refractivity contribution in [3.05, 3.63) is 42.4 Å². The molecular formula is C15H14N4O3. The van der Waals surface area contributed by atoms with Crippen molar-refractivity contribution in [3.8, 4) is 11.5 Å². The lowest BCUT2D eigenvalue weighted by molar-refractivity contribution is 0.274. The highest BCUT2D eigenvalue weighted by Crippen LogP contribution is 2.31. The molecule has 0 bridgehead atoms.